The van der Waals surface area contributed by atoms with Crippen molar-refractivity contribution in [3.05, 3.63) is 0 Å². The first-order chi connectivity index (χ1) is 10.2. The molecule has 1 aliphatic carbocycles. The van der Waals surface area contributed by atoms with Gasteiger partial charge in [0, 0.05) is 24.6 Å². The van der Waals surface area contributed by atoms with E-state index in [4.69, 9.17) is 10.5 Å². The lowest BCUT2D eigenvalue weighted by Crippen LogP contribution is -2.54. The molecule has 1 amide bonds. The van der Waals surface area contributed by atoms with E-state index >= 15 is 0 Å². The Kier molecular flexibility index (Phi) is 5.54. The quantitative estimate of drug-likeness (QED) is 0.842. The molecule has 0 radical (unpaired) electrons. The summed E-state index contributed by atoms with van der Waals surface area (Å²) >= 11 is 0. The molecule has 2 aliphatic rings. The summed E-state index contributed by atoms with van der Waals surface area (Å²) in [6.07, 6.45) is 6.56. The summed E-state index contributed by atoms with van der Waals surface area (Å²) in [7, 11) is 0. The van der Waals surface area contributed by atoms with Gasteiger partial charge in [0.15, 0.2) is 0 Å². The molecule has 1 saturated heterocycles. The van der Waals surface area contributed by atoms with E-state index in [1.165, 1.54) is 0 Å². The van der Waals surface area contributed by atoms with Crippen LogP contribution in [0.3, 0.4) is 0 Å². The molecule has 2 rings (SSSR count). The van der Waals surface area contributed by atoms with E-state index in [9.17, 15) is 4.79 Å². The predicted molar refractivity (Wildman–Crippen MR) is 89.5 cm³/mol. The highest BCUT2D eigenvalue weighted by molar-refractivity contribution is 5.80. The van der Waals surface area contributed by atoms with E-state index < -0.39 is 0 Å². The molecule has 0 bridgehead atoms. The minimum absolute atomic E-state index is 0.0427. The molecule has 0 aromatic heterocycles. The number of ether oxygens (including phenoxy) is 1. The average Bonchev–Trinajstić information content (AvgIpc) is 2.43. The fourth-order valence-corrected chi connectivity index (χ4v) is 4.15. The molecule has 4 atom stereocenters. The fourth-order valence-electron chi connectivity index (χ4n) is 4.15. The third-order valence-corrected chi connectivity index (χ3v) is 5.41. The van der Waals surface area contributed by atoms with Crippen molar-refractivity contribution in [1.29, 1.82) is 0 Å². The van der Waals surface area contributed by atoms with Crippen LogP contribution in [0.15, 0.2) is 0 Å². The van der Waals surface area contributed by atoms with Gasteiger partial charge in [0.05, 0.1) is 12.0 Å². The molecule has 0 aromatic rings. The molecule has 2 fully saturated rings. The predicted octanol–water partition coefficient (Wildman–Crippen LogP) is 2.85. The Bertz CT molecular complexity index is 387. The van der Waals surface area contributed by atoms with Gasteiger partial charge in [-0.3, -0.25) is 4.79 Å². The topological polar surface area (TPSA) is 64.3 Å². The van der Waals surface area contributed by atoms with Crippen LogP contribution in [-0.2, 0) is 9.53 Å². The van der Waals surface area contributed by atoms with Gasteiger partial charge in [-0.25, -0.2) is 0 Å². The average molecular weight is 310 g/mol. The normalized spacial score (nSPS) is 36.9. The van der Waals surface area contributed by atoms with Crippen LogP contribution in [0, 0.1) is 17.3 Å². The first-order valence-corrected chi connectivity index (χ1v) is 8.90. The van der Waals surface area contributed by atoms with Gasteiger partial charge in [-0.05, 0) is 38.0 Å². The van der Waals surface area contributed by atoms with Crippen molar-refractivity contribution >= 4 is 5.91 Å². The van der Waals surface area contributed by atoms with E-state index in [-0.39, 0.29) is 28.9 Å². The number of carbonyl (C=O) groups excluding carboxylic acids is 1. The second-order valence-corrected chi connectivity index (χ2v) is 8.61. The van der Waals surface area contributed by atoms with Crippen molar-refractivity contribution in [2.75, 3.05) is 13.2 Å². The number of nitrogens with two attached hydrogens (primary N) is 1. The standard InChI is InChI=1S/C18H34N2O2/c1-17(2,3)15-13(8-7-11-22-15)12-20-16(21)14-9-5-6-10-18(14,4)19/h13-15H,5-12,19H2,1-4H3,(H,20,21). The SMILES string of the molecule is CC(C)(C)C1OCCCC1CNC(=O)C1CCCCC1(C)N. The Balaban J connectivity index is 1.92. The van der Waals surface area contributed by atoms with Gasteiger partial charge in [-0.15, -0.1) is 0 Å². The highest BCUT2D eigenvalue weighted by Gasteiger charge is 2.39. The highest BCUT2D eigenvalue weighted by atomic mass is 16.5. The van der Waals surface area contributed by atoms with Gasteiger partial charge in [-0.2, -0.15) is 0 Å². The second kappa shape index (κ2) is 6.88. The lowest BCUT2D eigenvalue weighted by Gasteiger charge is -2.41. The molecule has 0 aromatic carbocycles. The monoisotopic (exact) mass is 310 g/mol. The van der Waals surface area contributed by atoms with Gasteiger partial charge >= 0.3 is 0 Å². The van der Waals surface area contributed by atoms with Crippen LogP contribution in [0.1, 0.15) is 66.2 Å². The van der Waals surface area contributed by atoms with Crippen LogP contribution in [-0.4, -0.2) is 30.7 Å². The number of carbonyl (C=O) groups is 1. The van der Waals surface area contributed by atoms with Crippen LogP contribution in [0.2, 0.25) is 0 Å². The smallest absolute Gasteiger partial charge is 0.224 e. The number of amides is 1. The van der Waals surface area contributed by atoms with Crippen molar-refractivity contribution in [2.45, 2.75) is 77.9 Å². The molecule has 4 heteroatoms. The third-order valence-electron chi connectivity index (χ3n) is 5.41. The molecule has 1 heterocycles. The molecule has 1 saturated carbocycles. The second-order valence-electron chi connectivity index (χ2n) is 8.61. The minimum Gasteiger partial charge on any atom is -0.377 e. The van der Waals surface area contributed by atoms with Crippen LogP contribution in [0.5, 0.6) is 0 Å². The van der Waals surface area contributed by atoms with E-state index in [1.54, 1.807) is 0 Å². The molecular weight excluding hydrogens is 276 g/mol. The number of nitrogens with one attached hydrogen (secondary N) is 1. The Morgan fingerprint density at radius 3 is 2.64 bits per heavy atom. The molecule has 3 N–H and O–H groups in total. The zero-order chi connectivity index (χ0) is 16.4. The summed E-state index contributed by atoms with van der Waals surface area (Å²) in [6.45, 7) is 10.2. The van der Waals surface area contributed by atoms with Gasteiger partial charge in [0.1, 0.15) is 0 Å². The first kappa shape index (κ1) is 17.7. The summed E-state index contributed by atoms with van der Waals surface area (Å²) in [6, 6.07) is 0. The summed E-state index contributed by atoms with van der Waals surface area (Å²) in [5.41, 5.74) is 6.10. The van der Waals surface area contributed by atoms with Crippen molar-refractivity contribution < 1.29 is 9.53 Å². The minimum atomic E-state index is -0.352. The van der Waals surface area contributed by atoms with Crippen molar-refractivity contribution in [1.82, 2.24) is 5.32 Å². The summed E-state index contributed by atoms with van der Waals surface area (Å²) in [5, 5.41) is 3.18. The Hall–Kier alpha value is -0.610. The Morgan fingerprint density at radius 1 is 1.27 bits per heavy atom. The summed E-state index contributed by atoms with van der Waals surface area (Å²) < 4.78 is 6.00. The molecule has 22 heavy (non-hydrogen) atoms. The van der Waals surface area contributed by atoms with Crippen LogP contribution < -0.4 is 11.1 Å². The molecule has 0 spiro atoms. The van der Waals surface area contributed by atoms with E-state index in [0.29, 0.717) is 12.5 Å². The molecule has 4 nitrogen and oxygen atoms in total. The third kappa shape index (κ3) is 4.23. The van der Waals surface area contributed by atoms with E-state index in [1.807, 2.05) is 6.92 Å². The Morgan fingerprint density at radius 2 is 2.00 bits per heavy atom. The lowest BCUT2D eigenvalue weighted by molar-refractivity contribution is -0.129. The number of hydrogen-bond acceptors (Lipinski definition) is 3. The summed E-state index contributed by atoms with van der Waals surface area (Å²) in [4.78, 5) is 12.6. The lowest BCUT2D eigenvalue weighted by atomic mass is 9.74. The van der Waals surface area contributed by atoms with Crippen molar-refractivity contribution in [2.24, 2.45) is 23.0 Å². The molecule has 128 valence electrons. The van der Waals surface area contributed by atoms with Crippen molar-refractivity contribution in [3.8, 4) is 0 Å². The van der Waals surface area contributed by atoms with Crippen LogP contribution >= 0.6 is 0 Å². The van der Waals surface area contributed by atoms with E-state index in [0.717, 1.165) is 45.1 Å². The molecule has 1 aliphatic heterocycles. The van der Waals surface area contributed by atoms with Gasteiger partial charge < -0.3 is 15.8 Å². The Labute approximate surface area is 135 Å². The first-order valence-electron chi connectivity index (χ1n) is 8.90. The molecular formula is C18H34N2O2. The zero-order valence-corrected chi connectivity index (χ0v) is 14.8. The summed E-state index contributed by atoms with van der Waals surface area (Å²) in [5.74, 6) is 0.507. The zero-order valence-electron chi connectivity index (χ0n) is 14.8. The van der Waals surface area contributed by atoms with Gasteiger partial charge in [0.25, 0.3) is 0 Å². The van der Waals surface area contributed by atoms with E-state index in [2.05, 4.69) is 26.1 Å². The van der Waals surface area contributed by atoms with Gasteiger partial charge in [-0.1, -0.05) is 33.6 Å². The van der Waals surface area contributed by atoms with Crippen LogP contribution in [0.4, 0.5) is 0 Å². The largest absolute Gasteiger partial charge is 0.377 e. The maximum atomic E-state index is 12.6. The maximum Gasteiger partial charge on any atom is 0.224 e. The van der Waals surface area contributed by atoms with Crippen LogP contribution in [0.25, 0.3) is 0 Å². The number of rotatable bonds is 3. The number of hydrogen-bond donors (Lipinski definition) is 2. The highest BCUT2D eigenvalue weighted by Crippen LogP contribution is 2.34. The maximum absolute atomic E-state index is 12.6. The van der Waals surface area contributed by atoms with Gasteiger partial charge in [0.2, 0.25) is 5.91 Å². The fraction of sp³-hybridized carbons (Fsp3) is 0.944. The van der Waals surface area contributed by atoms with Crippen molar-refractivity contribution in [3.63, 3.8) is 0 Å². The molecule has 4 unspecified atom stereocenters.